The molecule has 1 heterocycles. The Balaban J connectivity index is 1.89. The molecule has 22 heavy (non-hydrogen) atoms. The van der Waals surface area contributed by atoms with E-state index in [9.17, 15) is 8.42 Å². The maximum Gasteiger partial charge on any atom is 0.166 e. The van der Waals surface area contributed by atoms with Crippen molar-refractivity contribution < 1.29 is 8.42 Å². The molecule has 0 amide bonds. The van der Waals surface area contributed by atoms with Crippen LogP contribution < -0.4 is 0 Å². The Morgan fingerprint density at radius 2 is 1.86 bits per heavy atom. The topological polar surface area (TPSA) is 77.7 Å². The van der Waals surface area contributed by atoms with Gasteiger partial charge in [-0.05, 0) is 60.3 Å². The second-order valence-electron chi connectivity index (χ2n) is 6.98. The van der Waals surface area contributed by atoms with Crippen molar-refractivity contribution in [2.75, 3.05) is 5.75 Å². The molecule has 0 saturated heterocycles. The minimum absolute atomic E-state index is 0.0438. The van der Waals surface area contributed by atoms with E-state index in [1.54, 1.807) is 4.68 Å². The van der Waals surface area contributed by atoms with Gasteiger partial charge in [-0.3, -0.25) is 0 Å². The molecule has 6 nitrogen and oxygen atoms in total. The first kappa shape index (κ1) is 17.4. The summed E-state index contributed by atoms with van der Waals surface area (Å²) in [6, 6.07) is 0. The fourth-order valence-corrected chi connectivity index (χ4v) is 5.11. The van der Waals surface area contributed by atoms with Gasteiger partial charge in [0, 0.05) is 6.54 Å². The molecule has 1 aromatic rings. The number of tetrazole rings is 1. The van der Waals surface area contributed by atoms with Crippen LogP contribution in [0.15, 0.2) is 0 Å². The number of rotatable bonds is 7. The highest BCUT2D eigenvalue weighted by atomic mass is 32.2. The van der Waals surface area contributed by atoms with Gasteiger partial charge in [-0.15, -0.1) is 5.10 Å². The summed E-state index contributed by atoms with van der Waals surface area (Å²) < 4.78 is 26.3. The predicted molar refractivity (Wildman–Crippen MR) is 85.9 cm³/mol. The summed E-state index contributed by atoms with van der Waals surface area (Å²) in [6.45, 7) is 7.23. The van der Waals surface area contributed by atoms with Crippen LogP contribution in [0.1, 0.15) is 58.7 Å². The van der Waals surface area contributed by atoms with E-state index < -0.39 is 9.84 Å². The van der Waals surface area contributed by atoms with Crippen molar-refractivity contribution in [3.05, 3.63) is 5.82 Å². The largest absolute Gasteiger partial charge is 0.229 e. The molecular weight excluding hydrogens is 300 g/mol. The van der Waals surface area contributed by atoms with Crippen LogP contribution in [0.3, 0.4) is 0 Å². The minimum atomic E-state index is -3.14. The van der Waals surface area contributed by atoms with Crippen LogP contribution >= 0.6 is 0 Å². The van der Waals surface area contributed by atoms with E-state index in [4.69, 9.17) is 0 Å². The number of hydrogen-bond donors (Lipinski definition) is 0. The van der Waals surface area contributed by atoms with Crippen molar-refractivity contribution in [3.63, 3.8) is 0 Å². The smallest absolute Gasteiger partial charge is 0.166 e. The average Bonchev–Trinajstić information content (AvgIpc) is 2.83. The molecule has 0 aromatic carbocycles. The molecule has 2 rings (SSSR count). The van der Waals surface area contributed by atoms with E-state index in [1.807, 2.05) is 6.92 Å². The number of nitrogens with zero attached hydrogens (tertiary/aromatic N) is 4. The van der Waals surface area contributed by atoms with Crippen LogP contribution in [0.2, 0.25) is 0 Å². The maximum atomic E-state index is 12.4. The first-order valence-corrected chi connectivity index (χ1v) is 10.2. The molecule has 7 heteroatoms. The van der Waals surface area contributed by atoms with Crippen molar-refractivity contribution in [3.8, 4) is 0 Å². The molecule has 1 saturated carbocycles. The Morgan fingerprint density at radius 3 is 2.50 bits per heavy atom. The van der Waals surface area contributed by atoms with Crippen LogP contribution in [-0.2, 0) is 22.1 Å². The van der Waals surface area contributed by atoms with Crippen molar-refractivity contribution in [2.45, 2.75) is 65.2 Å². The van der Waals surface area contributed by atoms with Crippen molar-refractivity contribution in [1.29, 1.82) is 0 Å². The van der Waals surface area contributed by atoms with Crippen molar-refractivity contribution in [2.24, 2.45) is 17.8 Å². The van der Waals surface area contributed by atoms with Crippen LogP contribution in [0.5, 0.6) is 0 Å². The van der Waals surface area contributed by atoms with Crippen LogP contribution in [-0.4, -0.2) is 34.4 Å². The lowest BCUT2D eigenvalue weighted by Crippen LogP contribution is -2.23. The number of aryl methyl sites for hydroxylation is 1. The molecule has 0 spiro atoms. The van der Waals surface area contributed by atoms with Gasteiger partial charge in [0.15, 0.2) is 15.7 Å². The summed E-state index contributed by atoms with van der Waals surface area (Å²) in [5.41, 5.74) is 0. The zero-order valence-corrected chi connectivity index (χ0v) is 14.7. The van der Waals surface area contributed by atoms with Gasteiger partial charge in [-0.1, -0.05) is 20.8 Å². The molecule has 0 bridgehead atoms. The standard InChI is InChI=1S/C15H28N4O2S/c1-4-6-19-15(16-17-18-19)11-22(20,21)7-5-14-9-12(2)8-13(3)10-14/h12-14H,4-11H2,1-3H3/t12-,13-/m1/s1. The third-order valence-corrected chi connectivity index (χ3v) is 6.06. The summed E-state index contributed by atoms with van der Waals surface area (Å²) in [6.07, 6.45) is 5.25. The van der Waals surface area contributed by atoms with Gasteiger partial charge in [0.2, 0.25) is 0 Å². The Bertz CT molecular complexity index is 560. The molecule has 0 radical (unpaired) electrons. The normalized spacial score (nSPS) is 26.2. The fourth-order valence-electron chi connectivity index (χ4n) is 3.68. The molecule has 0 N–H and O–H groups in total. The van der Waals surface area contributed by atoms with Crippen LogP contribution in [0, 0.1) is 17.8 Å². The van der Waals surface area contributed by atoms with Gasteiger partial charge in [-0.25, -0.2) is 13.1 Å². The van der Waals surface area contributed by atoms with Gasteiger partial charge in [0.1, 0.15) is 5.75 Å². The monoisotopic (exact) mass is 328 g/mol. The summed E-state index contributed by atoms with van der Waals surface area (Å²) in [7, 11) is -3.14. The lowest BCUT2D eigenvalue weighted by atomic mass is 9.76. The Labute approximate surface area is 133 Å². The number of sulfone groups is 1. The minimum Gasteiger partial charge on any atom is -0.229 e. The lowest BCUT2D eigenvalue weighted by molar-refractivity contribution is 0.215. The Morgan fingerprint density at radius 1 is 1.18 bits per heavy atom. The van der Waals surface area contributed by atoms with Crippen LogP contribution in [0.25, 0.3) is 0 Å². The Hall–Kier alpha value is -0.980. The lowest BCUT2D eigenvalue weighted by Gasteiger charge is -2.31. The predicted octanol–water partition coefficient (Wildman–Crippen LogP) is 2.46. The zero-order chi connectivity index (χ0) is 16.2. The fraction of sp³-hybridized carbons (Fsp3) is 0.933. The van der Waals surface area contributed by atoms with E-state index in [-0.39, 0.29) is 11.5 Å². The first-order chi connectivity index (χ1) is 10.4. The second kappa shape index (κ2) is 7.53. The van der Waals surface area contributed by atoms with Crippen molar-refractivity contribution in [1.82, 2.24) is 20.2 Å². The molecule has 126 valence electrons. The van der Waals surface area contributed by atoms with E-state index in [0.717, 1.165) is 25.7 Å². The van der Waals surface area contributed by atoms with E-state index in [1.165, 1.54) is 6.42 Å². The highest BCUT2D eigenvalue weighted by molar-refractivity contribution is 7.90. The maximum absolute atomic E-state index is 12.4. The van der Waals surface area contributed by atoms with Crippen LogP contribution in [0.4, 0.5) is 0 Å². The second-order valence-corrected chi connectivity index (χ2v) is 9.17. The van der Waals surface area contributed by atoms with Gasteiger partial charge < -0.3 is 0 Å². The first-order valence-electron chi connectivity index (χ1n) is 8.35. The molecule has 1 aliphatic carbocycles. The van der Waals surface area contributed by atoms with E-state index in [2.05, 4.69) is 29.4 Å². The SMILES string of the molecule is CCCn1nnnc1CS(=O)(=O)CCC1C[C@H](C)C[C@@H](C)C1. The molecule has 2 atom stereocenters. The summed E-state index contributed by atoms with van der Waals surface area (Å²) in [5.74, 6) is 2.64. The van der Waals surface area contributed by atoms with Gasteiger partial charge >= 0.3 is 0 Å². The highest BCUT2D eigenvalue weighted by Crippen LogP contribution is 2.34. The molecule has 1 aromatic heterocycles. The third kappa shape index (κ3) is 5.04. The molecule has 0 aliphatic heterocycles. The zero-order valence-electron chi connectivity index (χ0n) is 13.9. The quantitative estimate of drug-likeness (QED) is 0.768. The summed E-state index contributed by atoms with van der Waals surface area (Å²) >= 11 is 0. The number of aromatic nitrogens is 4. The van der Waals surface area contributed by atoms with Gasteiger partial charge in [0.25, 0.3) is 0 Å². The highest BCUT2D eigenvalue weighted by Gasteiger charge is 2.26. The average molecular weight is 328 g/mol. The molecule has 1 fully saturated rings. The van der Waals surface area contributed by atoms with Gasteiger partial charge in [0.05, 0.1) is 5.75 Å². The molecule has 0 unspecified atom stereocenters. The Kier molecular flexibility index (Phi) is 5.94. The molecular formula is C15H28N4O2S. The van der Waals surface area contributed by atoms with Gasteiger partial charge in [-0.2, -0.15) is 0 Å². The van der Waals surface area contributed by atoms with E-state index in [0.29, 0.717) is 30.1 Å². The summed E-state index contributed by atoms with van der Waals surface area (Å²) in [5, 5.41) is 11.3. The van der Waals surface area contributed by atoms with Crippen molar-refractivity contribution >= 4 is 9.84 Å². The van der Waals surface area contributed by atoms with E-state index >= 15 is 0 Å². The molecule has 1 aliphatic rings. The third-order valence-electron chi connectivity index (χ3n) is 4.50. The summed E-state index contributed by atoms with van der Waals surface area (Å²) in [4.78, 5) is 0. The number of hydrogen-bond acceptors (Lipinski definition) is 5.